The van der Waals surface area contributed by atoms with Crippen LogP contribution in [0.5, 0.6) is 6.01 Å². The summed E-state index contributed by atoms with van der Waals surface area (Å²) in [4.78, 5) is 14.4. The molecular formula is C27H34N6O3. The average Bonchev–Trinajstić information content (AvgIpc) is 3.30. The number of benzene rings is 1. The molecule has 5 aliphatic heterocycles. The minimum Gasteiger partial charge on any atom is -0.467 e. The van der Waals surface area contributed by atoms with E-state index >= 15 is 0 Å². The van der Waals surface area contributed by atoms with Crippen molar-refractivity contribution in [2.45, 2.75) is 56.7 Å². The molecule has 7 heterocycles. The lowest BCUT2D eigenvalue weighted by Gasteiger charge is -2.45. The molecule has 0 spiro atoms. The van der Waals surface area contributed by atoms with Crippen molar-refractivity contribution < 1.29 is 14.2 Å². The number of hydrogen-bond acceptors (Lipinski definition) is 8. The Bertz CT molecular complexity index is 1260. The minimum absolute atomic E-state index is 0.277. The van der Waals surface area contributed by atoms with Crippen LogP contribution in [0.2, 0.25) is 0 Å². The minimum atomic E-state index is 0.277. The predicted molar refractivity (Wildman–Crippen MR) is 136 cm³/mol. The number of aromatic nitrogens is 4. The zero-order chi connectivity index (χ0) is 24.2. The molecule has 0 radical (unpaired) electrons. The van der Waals surface area contributed by atoms with Gasteiger partial charge in [0.05, 0.1) is 56.8 Å². The number of likely N-dealkylation sites (tertiary alicyclic amines) is 1. The van der Waals surface area contributed by atoms with Crippen LogP contribution in [0.1, 0.15) is 42.7 Å². The molecular weight excluding hydrogens is 456 g/mol. The highest BCUT2D eigenvalue weighted by atomic mass is 16.5. The number of morpholine rings is 1. The topological polar surface area (TPSA) is 77.8 Å². The summed E-state index contributed by atoms with van der Waals surface area (Å²) in [6.45, 7) is 7.92. The highest BCUT2D eigenvalue weighted by molar-refractivity contribution is 5.82. The number of methoxy groups -OCH3 is 1. The summed E-state index contributed by atoms with van der Waals surface area (Å²) >= 11 is 0. The first-order valence-corrected chi connectivity index (χ1v) is 13.3. The third-order valence-corrected chi connectivity index (χ3v) is 8.62. The largest absolute Gasteiger partial charge is 0.467 e. The number of piperidine rings is 2. The van der Waals surface area contributed by atoms with Gasteiger partial charge in [0.2, 0.25) is 0 Å². The molecule has 3 aromatic rings. The lowest BCUT2D eigenvalue weighted by atomic mass is 9.85. The molecule has 5 aliphatic rings. The standard InChI is InChI=1S/C27H34N6O3/c1-17-9-19-12-28-33(24(19)10-23(17)18-5-7-31(8-6-18)21-14-35-15-21)26-11-25(29-27(30-26)34-2)32-13-22-4-3-20(32)16-36-22/h9-12,18,20-22H,3-8,13-16H2,1-2H3. The molecule has 5 saturated heterocycles. The van der Waals surface area contributed by atoms with Crippen molar-refractivity contribution in [2.75, 3.05) is 51.5 Å². The van der Waals surface area contributed by atoms with E-state index in [1.54, 1.807) is 7.11 Å². The van der Waals surface area contributed by atoms with Crippen LogP contribution in [0.4, 0.5) is 5.82 Å². The Kier molecular flexibility index (Phi) is 5.59. The van der Waals surface area contributed by atoms with Gasteiger partial charge in [-0.25, -0.2) is 4.68 Å². The normalized spacial score (nSPS) is 25.4. The van der Waals surface area contributed by atoms with Gasteiger partial charge in [0.15, 0.2) is 5.82 Å². The third-order valence-electron chi connectivity index (χ3n) is 8.62. The summed E-state index contributed by atoms with van der Waals surface area (Å²) in [5.74, 6) is 2.19. The van der Waals surface area contributed by atoms with E-state index in [0.717, 1.165) is 74.8 Å². The van der Waals surface area contributed by atoms with Gasteiger partial charge < -0.3 is 19.1 Å². The van der Waals surface area contributed by atoms with E-state index in [2.05, 4.69) is 28.9 Å². The molecule has 0 saturated carbocycles. The van der Waals surface area contributed by atoms with Crippen molar-refractivity contribution in [3.8, 4) is 11.8 Å². The Balaban J connectivity index is 1.22. The van der Waals surface area contributed by atoms with Gasteiger partial charge in [-0.05, 0) is 74.9 Å². The van der Waals surface area contributed by atoms with Crippen LogP contribution < -0.4 is 9.64 Å². The fourth-order valence-electron chi connectivity index (χ4n) is 6.41. The van der Waals surface area contributed by atoms with Crippen molar-refractivity contribution in [1.29, 1.82) is 0 Å². The highest BCUT2D eigenvalue weighted by Gasteiger charge is 2.36. The summed E-state index contributed by atoms with van der Waals surface area (Å²) < 4.78 is 18.8. The first kappa shape index (κ1) is 22.4. The molecule has 9 nitrogen and oxygen atoms in total. The van der Waals surface area contributed by atoms with Gasteiger partial charge in [0, 0.05) is 18.0 Å². The van der Waals surface area contributed by atoms with Crippen LogP contribution in [0.25, 0.3) is 16.7 Å². The molecule has 0 amide bonds. The number of fused-ring (bicyclic) bond motifs is 4. The Hall–Kier alpha value is -2.75. The Morgan fingerprint density at radius 3 is 2.44 bits per heavy atom. The summed E-state index contributed by atoms with van der Waals surface area (Å²) in [6, 6.07) is 8.01. The monoisotopic (exact) mass is 490 g/mol. The molecule has 2 atom stereocenters. The van der Waals surface area contributed by atoms with Gasteiger partial charge in [0.1, 0.15) is 5.82 Å². The molecule has 2 bridgehead atoms. The number of anilines is 1. The summed E-state index contributed by atoms with van der Waals surface area (Å²) in [6.07, 6.45) is 6.83. The van der Waals surface area contributed by atoms with Gasteiger partial charge in [0.25, 0.3) is 0 Å². The van der Waals surface area contributed by atoms with Gasteiger partial charge in [-0.15, -0.1) is 0 Å². The fraction of sp³-hybridized carbons (Fsp3) is 0.593. The zero-order valence-electron chi connectivity index (χ0n) is 21.1. The van der Waals surface area contributed by atoms with E-state index in [9.17, 15) is 0 Å². The summed E-state index contributed by atoms with van der Waals surface area (Å²) in [5, 5.41) is 5.89. The van der Waals surface area contributed by atoms with E-state index in [1.165, 1.54) is 24.0 Å². The molecule has 5 fully saturated rings. The van der Waals surface area contributed by atoms with Crippen LogP contribution in [-0.4, -0.2) is 89.4 Å². The first-order chi connectivity index (χ1) is 17.7. The van der Waals surface area contributed by atoms with Crippen LogP contribution >= 0.6 is 0 Å². The maximum Gasteiger partial charge on any atom is 0.320 e. The van der Waals surface area contributed by atoms with Crippen LogP contribution in [-0.2, 0) is 9.47 Å². The first-order valence-electron chi connectivity index (χ1n) is 13.3. The van der Waals surface area contributed by atoms with Gasteiger partial charge in [-0.3, -0.25) is 4.90 Å². The van der Waals surface area contributed by atoms with Crippen LogP contribution in [0, 0.1) is 6.92 Å². The van der Waals surface area contributed by atoms with E-state index in [4.69, 9.17) is 29.3 Å². The maximum atomic E-state index is 5.91. The Labute approximate surface area is 211 Å². The Morgan fingerprint density at radius 1 is 0.944 bits per heavy atom. The van der Waals surface area contributed by atoms with Gasteiger partial charge >= 0.3 is 6.01 Å². The molecule has 0 aliphatic carbocycles. The SMILES string of the molecule is COc1nc(N2CC3CCC2CO3)cc(-n2ncc3cc(C)c(C4CCN(C5COC5)CC4)cc32)n1. The molecule has 1 aromatic carbocycles. The molecule has 8 rings (SSSR count). The quantitative estimate of drug-likeness (QED) is 0.540. The number of nitrogens with zero attached hydrogens (tertiary/aromatic N) is 6. The second-order valence-electron chi connectivity index (χ2n) is 10.7. The lowest BCUT2D eigenvalue weighted by molar-refractivity contribution is -0.0712. The summed E-state index contributed by atoms with van der Waals surface area (Å²) in [5.41, 5.74) is 3.86. The molecule has 0 N–H and O–H groups in total. The van der Waals surface area contributed by atoms with Crippen molar-refractivity contribution in [2.24, 2.45) is 0 Å². The number of ether oxygens (including phenoxy) is 3. The van der Waals surface area contributed by atoms with E-state index in [0.29, 0.717) is 24.0 Å². The van der Waals surface area contributed by atoms with Crippen LogP contribution in [0.3, 0.4) is 0 Å². The van der Waals surface area contributed by atoms with E-state index < -0.39 is 0 Å². The third kappa shape index (κ3) is 3.84. The lowest BCUT2D eigenvalue weighted by Crippen LogP contribution is -2.54. The molecule has 9 heteroatoms. The maximum absolute atomic E-state index is 5.91. The van der Waals surface area contributed by atoms with Gasteiger partial charge in [-0.2, -0.15) is 15.1 Å². The molecule has 2 unspecified atom stereocenters. The number of rotatable bonds is 5. The predicted octanol–water partition coefficient (Wildman–Crippen LogP) is 3.08. The number of aryl methyl sites for hydroxylation is 1. The van der Waals surface area contributed by atoms with Crippen molar-refractivity contribution in [3.63, 3.8) is 0 Å². The molecule has 36 heavy (non-hydrogen) atoms. The highest BCUT2D eigenvalue weighted by Crippen LogP contribution is 2.35. The zero-order valence-corrected chi connectivity index (χ0v) is 21.1. The van der Waals surface area contributed by atoms with Crippen molar-refractivity contribution in [1.82, 2.24) is 24.6 Å². The van der Waals surface area contributed by atoms with Crippen molar-refractivity contribution in [3.05, 3.63) is 35.5 Å². The number of hydrogen-bond donors (Lipinski definition) is 0. The van der Waals surface area contributed by atoms with E-state index in [1.807, 2.05) is 16.9 Å². The molecule has 2 aromatic heterocycles. The fourth-order valence-corrected chi connectivity index (χ4v) is 6.41. The smallest absolute Gasteiger partial charge is 0.320 e. The Morgan fingerprint density at radius 2 is 1.78 bits per heavy atom. The van der Waals surface area contributed by atoms with E-state index in [-0.39, 0.29) is 6.10 Å². The second kappa shape index (κ2) is 8.97. The van der Waals surface area contributed by atoms with Crippen LogP contribution in [0.15, 0.2) is 24.4 Å². The van der Waals surface area contributed by atoms with Gasteiger partial charge in [-0.1, -0.05) is 0 Å². The summed E-state index contributed by atoms with van der Waals surface area (Å²) in [7, 11) is 1.62. The average molecular weight is 491 g/mol. The second-order valence-corrected chi connectivity index (χ2v) is 10.7. The molecule has 190 valence electrons. The van der Waals surface area contributed by atoms with Crippen molar-refractivity contribution >= 4 is 16.7 Å².